The van der Waals surface area contributed by atoms with Crippen molar-refractivity contribution in [1.29, 1.82) is 0 Å². The Hall–Kier alpha value is -2.57. The van der Waals surface area contributed by atoms with E-state index in [0.717, 1.165) is 44.2 Å². The third kappa shape index (κ3) is 4.46. The number of carbonyl (C=O) groups is 1. The molecule has 0 aromatic heterocycles. The van der Waals surface area contributed by atoms with Crippen molar-refractivity contribution in [2.24, 2.45) is 0 Å². The highest BCUT2D eigenvalue weighted by molar-refractivity contribution is 5.93. The summed E-state index contributed by atoms with van der Waals surface area (Å²) in [5.74, 6) is 1.49. The molecule has 6 heteroatoms. The number of fused-ring (bicyclic) bond motifs is 1. The van der Waals surface area contributed by atoms with E-state index in [2.05, 4.69) is 35.6 Å². The Labute approximate surface area is 166 Å². The fourth-order valence-corrected chi connectivity index (χ4v) is 3.98. The topological polar surface area (TPSA) is 56.4 Å². The van der Waals surface area contributed by atoms with Gasteiger partial charge in [0.15, 0.2) is 17.5 Å². The van der Waals surface area contributed by atoms with Gasteiger partial charge in [0, 0.05) is 17.3 Å². The number of nitrogens with one attached hydrogen (secondary N) is 3. The molecule has 6 nitrogen and oxygen atoms in total. The second-order valence-corrected chi connectivity index (χ2v) is 7.64. The highest BCUT2D eigenvalue weighted by Gasteiger charge is 2.31. The van der Waals surface area contributed by atoms with Crippen molar-refractivity contribution >= 4 is 11.6 Å². The Balaban J connectivity index is 1.29. The number of piperazine rings is 1. The SMILES string of the molecule is C[C@@H](C(=O)Nc1ccc2c(c1)OCCO2)[NH+]1CC[NH+](Cc2ccccc2)CC1. The molecule has 2 aromatic carbocycles. The average molecular weight is 383 g/mol. The third-order valence-electron chi connectivity index (χ3n) is 5.71. The van der Waals surface area contributed by atoms with Crippen LogP contribution in [0.15, 0.2) is 48.5 Å². The molecule has 0 aliphatic carbocycles. The molecular weight excluding hydrogens is 354 g/mol. The van der Waals surface area contributed by atoms with Crippen LogP contribution in [0, 0.1) is 0 Å². The van der Waals surface area contributed by atoms with Crippen LogP contribution in [0.3, 0.4) is 0 Å². The summed E-state index contributed by atoms with van der Waals surface area (Å²) in [4.78, 5) is 15.7. The molecule has 0 bridgehead atoms. The summed E-state index contributed by atoms with van der Waals surface area (Å²) in [5.41, 5.74) is 2.14. The van der Waals surface area contributed by atoms with Crippen molar-refractivity contribution in [3.05, 3.63) is 54.1 Å². The van der Waals surface area contributed by atoms with E-state index in [4.69, 9.17) is 9.47 Å². The van der Waals surface area contributed by atoms with Gasteiger partial charge < -0.3 is 24.6 Å². The highest BCUT2D eigenvalue weighted by atomic mass is 16.6. The largest absolute Gasteiger partial charge is 0.486 e. The highest BCUT2D eigenvalue weighted by Crippen LogP contribution is 2.32. The zero-order valence-electron chi connectivity index (χ0n) is 16.4. The van der Waals surface area contributed by atoms with Gasteiger partial charge in [0.25, 0.3) is 5.91 Å². The molecule has 148 valence electrons. The molecule has 1 atom stereocenters. The van der Waals surface area contributed by atoms with E-state index in [0.29, 0.717) is 19.0 Å². The fraction of sp³-hybridized carbons (Fsp3) is 0.409. The first-order valence-corrected chi connectivity index (χ1v) is 10.1. The van der Waals surface area contributed by atoms with E-state index in [1.807, 2.05) is 25.1 Å². The molecular formula is C22H29N3O3+2. The Morgan fingerprint density at radius 3 is 2.46 bits per heavy atom. The number of quaternary nitrogens is 2. The number of ether oxygens (including phenoxy) is 2. The van der Waals surface area contributed by atoms with E-state index in [-0.39, 0.29) is 11.9 Å². The number of amides is 1. The van der Waals surface area contributed by atoms with Crippen LogP contribution >= 0.6 is 0 Å². The first-order chi connectivity index (χ1) is 13.7. The minimum atomic E-state index is -0.0773. The molecule has 0 saturated carbocycles. The predicted octanol–water partition coefficient (Wildman–Crippen LogP) is -0.232. The van der Waals surface area contributed by atoms with E-state index in [1.54, 1.807) is 4.90 Å². The first kappa shape index (κ1) is 18.8. The second kappa shape index (κ2) is 8.63. The van der Waals surface area contributed by atoms with Crippen molar-refractivity contribution in [3.8, 4) is 11.5 Å². The van der Waals surface area contributed by atoms with Gasteiger partial charge >= 0.3 is 0 Å². The number of carbonyl (C=O) groups excluding carboxylic acids is 1. The number of anilines is 1. The lowest BCUT2D eigenvalue weighted by molar-refractivity contribution is -1.02. The minimum Gasteiger partial charge on any atom is -0.486 e. The van der Waals surface area contributed by atoms with Gasteiger partial charge in [-0.25, -0.2) is 0 Å². The lowest BCUT2D eigenvalue weighted by atomic mass is 10.1. The smallest absolute Gasteiger partial charge is 0.282 e. The van der Waals surface area contributed by atoms with Gasteiger partial charge in [-0.15, -0.1) is 0 Å². The summed E-state index contributed by atoms with van der Waals surface area (Å²) in [6.07, 6.45) is 0. The third-order valence-corrected chi connectivity index (χ3v) is 5.71. The molecule has 1 amide bonds. The number of benzene rings is 2. The van der Waals surface area contributed by atoms with Gasteiger partial charge in [0.2, 0.25) is 0 Å². The van der Waals surface area contributed by atoms with E-state index < -0.39 is 0 Å². The molecule has 1 fully saturated rings. The quantitative estimate of drug-likeness (QED) is 0.669. The molecule has 2 aliphatic heterocycles. The van der Waals surface area contributed by atoms with Crippen molar-refractivity contribution in [1.82, 2.24) is 0 Å². The normalized spacial score (nSPS) is 22.3. The molecule has 3 N–H and O–H groups in total. The van der Waals surface area contributed by atoms with Crippen LogP contribution in [0.2, 0.25) is 0 Å². The summed E-state index contributed by atoms with van der Waals surface area (Å²) in [6, 6.07) is 16.1. The Kier molecular flexibility index (Phi) is 5.78. The lowest BCUT2D eigenvalue weighted by Gasteiger charge is -2.32. The Morgan fingerprint density at radius 1 is 1.00 bits per heavy atom. The van der Waals surface area contributed by atoms with Crippen LogP contribution in [0.1, 0.15) is 12.5 Å². The van der Waals surface area contributed by atoms with Gasteiger partial charge in [-0.2, -0.15) is 0 Å². The van der Waals surface area contributed by atoms with Gasteiger partial charge in [-0.3, -0.25) is 4.79 Å². The van der Waals surface area contributed by atoms with Gasteiger partial charge in [0.05, 0.1) is 0 Å². The summed E-state index contributed by atoms with van der Waals surface area (Å²) in [7, 11) is 0. The fourth-order valence-electron chi connectivity index (χ4n) is 3.98. The summed E-state index contributed by atoms with van der Waals surface area (Å²) >= 11 is 0. The van der Waals surface area contributed by atoms with Crippen LogP contribution in [-0.2, 0) is 11.3 Å². The maximum Gasteiger partial charge on any atom is 0.282 e. The molecule has 2 aliphatic rings. The summed E-state index contributed by atoms with van der Waals surface area (Å²) in [5, 5.41) is 3.04. The Morgan fingerprint density at radius 2 is 1.71 bits per heavy atom. The zero-order valence-corrected chi connectivity index (χ0v) is 16.4. The van der Waals surface area contributed by atoms with E-state index in [1.165, 1.54) is 10.5 Å². The zero-order chi connectivity index (χ0) is 19.3. The molecule has 0 spiro atoms. The maximum atomic E-state index is 12.7. The summed E-state index contributed by atoms with van der Waals surface area (Å²) in [6.45, 7) is 8.39. The molecule has 0 unspecified atom stereocenters. The van der Waals surface area contributed by atoms with Crippen LogP contribution in [0.4, 0.5) is 5.69 Å². The molecule has 2 heterocycles. The standard InChI is InChI=1S/C22H27N3O3/c1-17(22(26)23-19-7-8-20-21(15-19)28-14-13-27-20)25-11-9-24(10-12-25)16-18-5-3-2-4-6-18/h2-8,15,17H,9-14,16H2,1H3,(H,23,26)/p+2/t17-/m0/s1. The van der Waals surface area contributed by atoms with Gasteiger partial charge in [0.1, 0.15) is 45.9 Å². The number of hydrogen-bond acceptors (Lipinski definition) is 3. The van der Waals surface area contributed by atoms with Crippen LogP contribution in [-0.4, -0.2) is 51.3 Å². The molecule has 0 radical (unpaired) electrons. The maximum absolute atomic E-state index is 12.7. The monoisotopic (exact) mass is 383 g/mol. The minimum absolute atomic E-state index is 0.0539. The average Bonchev–Trinajstić information content (AvgIpc) is 2.74. The lowest BCUT2D eigenvalue weighted by Crippen LogP contribution is -3.29. The Bertz CT molecular complexity index is 804. The molecule has 2 aromatic rings. The first-order valence-electron chi connectivity index (χ1n) is 10.1. The van der Waals surface area contributed by atoms with Crippen LogP contribution < -0.4 is 24.6 Å². The van der Waals surface area contributed by atoms with Crippen LogP contribution in [0.25, 0.3) is 0 Å². The predicted molar refractivity (Wildman–Crippen MR) is 107 cm³/mol. The molecule has 28 heavy (non-hydrogen) atoms. The van der Waals surface area contributed by atoms with E-state index in [9.17, 15) is 4.79 Å². The van der Waals surface area contributed by atoms with Gasteiger partial charge in [-0.05, 0) is 19.1 Å². The van der Waals surface area contributed by atoms with E-state index >= 15 is 0 Å². The summed E-state index contributed by atoms with van der Waals surface area (Å²) < 4.78 is 11.1. The van der Waals surface area contributed by atoms with Crippen molar-refractivity contribution in [3.63, 3.8) is 0 Å². The van der Waals surface area contributed by atoms with Crippen LogP contribution in [0.5, 0.6) is 11.5 Å². The number of hydrogen-bond donors (Lipinski definition) is 3. The molecule has 4 rings (SSSR count). The van der Waals surface area contributed by atoms with Crippen molar-refractivity contribution in [2.75, 3.05) is 44.7 Å². The number of rotatable bonds is 5. The van der Waals surface area contributed by atoms with Gasteiger partial charge in [-0.1, -0.05) is 30.3 Å². The molecule has 1 saturated heterocycles. The second-order valence-electron chi connectivity index (χ2n) is 7.64. The van der Waals surface area contributed by atoms with Crippen molar-refractivity contribution in [2.45, 2.75) is 19.5 Å². The van der Waals surface area contributed by atoms with Crippen molar-refractivity contribution < 1.29 is 24.1 Å².